The van der Waals surface area contributed by atoms with Crippen LogP contribution in [-0.2, 0) is 0 Å². The number of nitriles is 1. The zero-order chi connectivity index (χ0) is 11.7. The van der Waals surface area contributed by atoms with E-state index in [9.17, 15) is 10.4 Å². The van der Waals surface area contributed by atoms with Gasteiger partial charge in [-0.1, -0.05) is 27.2 Å². The van der Waals surface area contributed by atoms with Crippen LogP contribution in [0, 0.1) is 28.6 Å². The molecule has 0 bridgehead atoms. The molecule has 1 N–H and O–H groups in total. The van der Waals surface area contributed by atoms with Gasteiger partial charge < -0.3 is 5.11 Å². The molecule has 4 unspecified atom stereocenters. The van der Waals surface area contributed by atoms with Gasteiger partial charge in [0.25, 0.3) is 0 Å². The van der Waals surface area contributed by atoms with E-state index in [1.807, 2.05) is 13.8 Å². The van der Waals surface area contributed by atoms with E-state index in [0.717, 1.165) is 19.3 Å². The molecule has 0 aromatic carbocycles. The van der Waals surface area contributed by atoms with E-state index in [-0.39, 0.29) is 5.92 Å². The zero-order valence-corrected chi connectivity index (χ0v) is 10.4. The fourth-order valence-corrected chi connectivity index (χ4v) is 2.86. The van der Waals surface area contributed by atoms with Gasteiger partial charge in [-0.3, -0.25) is 0 Å². The van der Waals surface area contributed by atoms with Gasteiger partial charge in [-0.2, -0.15) is 5.26 Å². The Morgan fingerprint density at radius 1 is 1.47 bits per heavy atom. The quantitative estimate of drug-likeness (QED) is 0.759. The van der Waals surface area contributed by atoms with Gasteiger partial charge in [0.2, 0.25) is 0 Å². The van der Waals surface area contributed by atoms with Gasteiger partial charge in [-0.05, 0) is 38.0 Å². The Morgan fingerprint density at radius 2 is 2.07 bits per heavy atom. The van der Waals surface area contributed by atoms with E-state index in [1.54, 1.807) is 0 Å². The lowest BCUT2D eigenvalue weighted by Crippen LogP contribution is -2.53. The van der Waals surface area contributed by atoms with Crippen molar-refractivity contribution >= 4 is 0 Å². The molecule has 2 heteroatoms. The molecule has 0 saturated heterocycles. The summed E-state index contributed by atoms with van der Waals surface area (Å²) >= 11 is 0. The van der Waals surface area contributed by atoms with Crippen molar-refractivity contribution in [2.24, 2.45) is 17.3 Å². The largest absolute Gasteiger partial charge is 0.388 e. The Bertz CT molecular complexity index is 270. The summed E-state index contributed by atoms with van der Waals surface area (Å²) in [5.74, 6) is 0.767. The van der Waals surface area contributed by atoms with Crippen molar-refractivity contribution in [3.8, 4) is 6.07 Å². The highest BCUT2D eigenvalue weighted by atomic mass is 16.3. The van der Waals surface area contributed by atoms with Gasteiger partial charge in [0, 0.05) is 0 Å². The maximum atomic E-state index is 10.8. The van der Waals surface area contributed by atoms with Gasteiger partial charge in [-0.15, -0.1) is 0 Å². The van der Waals surface area contributed by atoms with E-state index in [0.29, 0.717) is 5.92 Å². The van der Waals surface area contributed by atoms with Gasteiger partial charge in [-0.25, -0.2) is 0 Å². The molecule has 86 valence electrons. The van der Waals surface area contributed by atoms with Crippen molar-refractivity contribution in [1.82, 2.24) is 0 Å². The van der Waals surface area contributed by atoms with E-state index in [2.05, 4.69) is 19.9 Å². The molecule has 15 heavy (non-hydrogen) atoms. The van der Waals surface area contributed by atoms with E-state index in [1.165, 1.54) is 6.42 Å². The van der Waals surface area contributed by atoms with Crippen molar-refractivity contribution in [2.75, 3.05) is 0 Å². The molecule has 0 amide bonds. The molecule has 0 radical (unpaired) electrons. The predicted octanol–water partition coefficient (Wildman–Crippen LogP) is 3.11. The molecule has 0 aliphatic heterocycles. The number of nitrogens with zero attached hydrogens (tertiary/aromatic N) is 1. The van der Waals surface area contributed by atoms with Gasteiger partial charge >= 0.3 is 0 Å². The molecule has 0 heterocycles. The van der Waals surface area contributed by atoms with E-state index < -0.39 is 11.0 Å². The lowest BCUT2D eigenvalue weighted by molar-refractivity contribution is -0.125. The maximum Gasteiger partial charge on any atom is 0.0858 e. The summed E-state index contributed by atoms with van der Waals surface area (Å²) < 4.78 is 0. The summed E-state index contributed by atoms with van der Waals surface area (Å²) in [6, 6.07) is 2.34. The summed E-state index contributed by atoms with van der Waals surface area (Å²) in [7, 11) is 0. The number of rotatable bonds is 2. The Labute approximate surface area is 93.3 Å². The van der Waals surface area contributed by atoms with Crippen LogP contribution in [0.3, 0.4) is 0 Å². The fourth-order valence-electron chi connectivity index (χ4n) is 2.86. The molecule has 1 rings (SSSR count). The van der Waals surface area contributed by atoms with Crippen LogP contribution in [0.2, 0.25) is 0 Å². The minimum Gasteiger partial charge on any atom is -0.388 e. The lowest BCUT2D eigenvalue weighted by Gasteiger charge is -2.49. The standard InChI is InChI=1S/C13H23NO/c1-5-12(4,9-14)13(15)8-10(2)6-7-11(13)3/h10-11,15H,5-8H2,1-4H3. The van der Waals surface area contributed by atoms with Crippen LogP contribution < -0.4 is 0 Å². The Balaban J connectivity index is 3.02. The maximum absolute atomic E-state index is 10.8. The van der Waals surface area contributed by atoms with E-state index in [4.69, 9.17) is 0 Å². The van der Waals surface area contributed by atoms with Crippen LogP contribution in [0.1, 0.15) is 53.4 Å². The van der Waals surface area contributed by atoms with Crippen molar-refractivity contribution in [3.63, 3.8) is 0 Å². The summed E-state index contributed by atoms with van der Waals surface area (Å²) in [4.78, 5) is 0. The molecule has 4 atom stereocenters. The van der Waals surface area contributed by atoms with Crippen LogP contribution in [0.5, 0.6) is 0 Å². The molecule has 1 saturated carbocycles. The van der Waals surface area contributed by atoms with Crippen LogP contribution in [0.25, 0.3) is 0 Å². The Morgan fingerprint density at radius 3 is 2.53 bits per heavy atom. The van der Waals surface area contributed by atoms with Crippen molar-refractivity contribution < 1.29 is 5.11 Å². The molecule has 2 nitrogen and oxygen atoms in total. The second-order valence-electron chi connectivity index (χ2n) is 5.51. The van der Waals surface area contributed by atoms with Crippen LogP contribution in [-0.4, -0.2) is 10.7 Å². The second kappa shape index (κ2) is 4.14. The molecule has 0 spiro atoms. The smallest absolute Gasteiger partial charge is 0.0858 e. The highest BCUT2D eigenvalue weighted by Crippen LogP contribution is 2.48. The first-order valence-corrected chi connectivity index (χ1v) is 6.03. The monoisotopic (exact) mass is 209 g/mol. The Hall–Kier alpha value is -0.550. The molecule has 1 fully saturated rings. The average molecular weight is 209 g/mol. The van der Waals surface area contributed by atoms with Crippen LogP contribution in [0.15, 0.2) is 0 Å². The number of hydrogen-bond donors (Lipinski definition) is 1. The summed E-state index contributed by atoms with van der Waals surface area (Å²) in [5, 5.41) is 20.1. The first kappa shape index (κ1) is 12.5. The summed E-state index contributed by atoms with van der Waals surface area (Å²) in [6.45, 7) is 8.15. The van der Waals surface area contributed by atoms with Gasteiger partial charge in [0.05, 0.1) is 17.1 Å². The van der Waals surface area contributed by atoms with E-state index >= 15 is 0 Å². The zero-order valence-electron chi connectivity index (χ0n) is 10.4. The molecule has 0 aromatic heterocycles. The second-order valence-corrected chi connectivity index (χ2v) is 5.51. The third-order valence-electron chi connectivity index (χ3n) is 4.48. The molecule has 0 aromatic rings. The molecular weight excluding hydrogens is 186 g/mol. The molecule has 1 aliphatic carbocycles. The minimum absolute atomic E-state index is 0.235. The number of hydrogen-bond acceptors (Lipinski definition) is 2. The highest BCUT2D eigenvalue weighted by Gasteiger charge is 2.51. The topological polar surface area (TPSA) is 44.0 Å². The fraction of sp³-hybridized carbons (Fsp3) is 0.923. The van der Waals surface area contributed by atoms with Crippen LogP contribution >= 0.6 is 0 Å². The number of aliphatic hydroxyl groups is 1. The van der Waals surface area contributed by atoms with Gasteiger partial charge in [0.15, 0.2) is 0 Å². The SMILES string of the molecule is CCC(C)(C#N)C1(O)CC(C)CCC1C. The first-order chi connectivity index (χ1) is 6.89. The van der Waals surface area contributed by atoms with Gasteiger partial charge in [0.1, 0.15) is 0 Å². The Kier molecular flexibility index (Phi) is 3.45. The van der Waals surface area contributed by atoms with Crippen molar-refractivity contribution in [2.45, 2.75) is 59.0 Å². The predicted molar refractivity (Wildman–Crippen MR) is 61.1 cm³/mol. The third-order valence-corrected chi connectivity index (χ3v) is 4.48. The van der Waals surface area contributed by atoms with Crippen molar-refractivity contribution in [1.29, 1.82) is 5.26 Å². The van der Waals surface area contributed by atoms with Crippen molar-refractivity contribution in [3.05, 3.63) is 0 Å². The van der Waals surface area contributed by atoms with Crippen LogP contribution in [0.4, 0.5) is 0 Å². The lowest BCUT2D eigenvalue weighted by atomic mass is 9.59. The molecular formula is C13H23NO. The normalized spacial score (nSPS) is 40.5. The summed E-state index contributed by atoms with van der Waals surface area (Å²) in [6.07, 6.45) is 3.70. The average Bonchev–Trinajstić information content (AvgIpc) is 2.22. The first-order valence-electron chi connectivity index (χ1n) is 6.03. The highest BCUT2D eigenvalue weighted by molar-refractivity contribution is 5.11. The third kappa shape index (κ3) is 1.90. The summed E-state index contributed by atoms with van der Waals surface area (Å²) in [5.41, 5.74) is -1.39. The molecule has 1 aliphatic rings. The minimum atomic E-state index is -0.797.